The molecule has 1 N–H and O–H groups in total. The highest BCUT2D eigenvalue weighted by molar-refractivity contribution is 5.70. The molecule has 72 valence electrons. The lowest BCUT2D eigenvalue weighted by molar-refractivity contribution is -0.147. The fourth-order valence-corrected chi connectivity index (χ4v) is 0.755. The van der Waals surface area contributed by atoms with Crippen molar-refractivity contribution < 1.29 is 18.7 Å². The number of carboxylic acids is 1. The third-order valence-corrected chi connectivity index (χ3v) is 1.51. The molecule has 0 heterocycles. The number of rotatable bonds is 5. The van der Waals surface area contributed by atoms with Crippen LogP contribution in [-0.4, -0.2) is 43.0 Å². The highest BCUT2D eigenvalue weighted by Gasteiger charge is 2.27. The molecule has 0 aromatic rings. The van der Waals surface area contributed by atoms with E-state index >= 15 is 0 Å². The molecule has 1 atom stereocenters. The van der Waals surface area contributed by atoms with Crippen LogP contribution in [0.3, 0.4) is 0 Å². The molecule has 0 radical (unpaired) electrons. The molecule has 0 amide bonds. The van der Waals surface area contributed by atoms with E-state index in [1.54, 1.807) is 19.0 Å². The third-order valence-electron chi connectivity index (χ3n) is 1.51. The monoisotopic (exact) mass is 181 g/mol. The molecule has 0 saturated carbocycles. The molecule has 0 fully saturated rings. The summed E-state index contributed by atoms with van der Waals surface area (Å²) < 4.78 is 24.0. The molecule has 5 heteroatoms. The predicted octanol–water partition coefficient (Wildman–Crippen LogP) is 0.904. The van der Waals surface area contributed by atoms with Gasteiger partial charge in [-0.15, -0.1) is 0 Å². The summed E-state index contributed by atoms with van der Waals surface area (Å²) >= 11 is 0. The average Bonchev–Trinajstić information content (AvgIpc) is 1.84. The molecule has 0 rings (SSSR count). The van der Waals surface area contributed by atoms with Crippen molar-refractivity contribution >= 4 is 5.97 Å². The molecule has 0 spiro atoms. The minimum absolute atomic E-state index is 0.0139. The van der Waals surface area contributed by atoms with E-state index in [0.717, 1.165) is 0 Å². The van der Waals surface area contributed by atoms with Gasteiger partial charge in [0.05, 0.1) is 0 Å². The van der Waals surface area contributed by atoms with Gasteiger partial charge in [0, 0.05) is 0 Å². The van der Waals surface area contributed by atoms with Gasteiger partial charge in [0.1, 0.15) is 5.92 Å². The fourth-order valence-electron chi connectivity index (χ4n) is 0.755. The Balaban J connectivity index is 3.88. The van der Waals surface area contributed by atoms with Crippen LogP contribution in [0.5, 0.6) is 0 Å². The number of aliphatic carboxylic acids is 1. The molecule has 12 heavy (non-hydrogen) atoms. The summed E-state index contributed by atoms with van der Waals surface area (Å²) in [7, 11) is 3.43. The van der Waals surface area contributed by atoms with E-state index in [1.807, 2.05) is 0 Å². The van der Waals surface area contributed by atoms with Crippen LogP contribution in [0.15, 0.2) is 0 Å². The maximum absolute atomic E-state index is 12.0. The van der Waals surface area contributed by atoms with E-state index in [-0.39, 0.29) is 6.42 Å². The van der Waals surface area contributed by atoms with Gasteiger partial charge in [-0.25, -0.2) is 8.78 Å². The quantitative estimate of drug-likeness (QED) is 0.685. The smallest absolute Gasteiger partial charge is 0.312 e. The molecule has 0 bridgehead atoms. The summed E-state index contributed by atoms with van der Waals surface area (Å²) in [5.41, 5.74) is 0. The van der Waals surface area contributed by atoms with Gasteiger partial charge in [0.2, 0.25) is 0 Å². The first-order chi connectivity index (χ1) is 5.45. The first kappa shape index (κ1) is 11.3. The van der Waals surface area contributed by atoms with E-state index in [2.05, 4.69) is 0 Å². The van der Waals surface area contributed by atoms with Crippen molar-refractivity contribution in [2.45, 2.75) is 12.8 Å². The highest BCUT2D eigenvalue weighted by Crippen LogP contribution is 2.14. The zero-order valence-electron chi connectivity index (χ0n) is 7.13. The summed E-state index contributed by atoms with van der Waals surface area (Å²) in [5, 5.41) is 8.36. The maximum Gasteiger partial charge on any atom is 0.312 e. The topological polar surface area (TPSA) is 40.5 Å². The molecular weight excluding hydrogens is 168 g/mol. The first-order valence-electron chi connectivity index (χ1n) is 3.61. The van der Waals surface area contributed by atoms with E-state index in [1.165, 1.54) is 0 Å². The lowest BCUT2D eigenvalue weighted by atomic mass is 10.1. The van der Waals surface area contributed by atoms with Gasteiger partial charge in [-0.05, 0) is 27.1 Å². The Hall–Kier alpha value is -0.710. The summed E-state index contributed by atoms with van der Waals surface area (Å²) in [6.07, 6.45) is -2.79. The summed E-state index contributed by atoms with van der Waals surface area (Å²) in [6.45, 7) is 0.362. The number of carbonyl (C=O) groups is 1. The van der Waals surface area contributed by atoms with Crippen LogP contribution in [0.1, 0.15) is 6.42 Å². The fraction of sp³-hybridized carbons (Fsp3) is 0.857. The van der Waals surface area contributed by atoms with Crippen molar-refractivity contribution in [3.63, 3.8) is 0 Å². The molecule has 0 unspecified atom stereocenters. The molecule has 0 aliphatic rings. The predicted molar refractivity (Wildman–Crippen MR) is 40.3 cm³/mol. The average molecular weight is 181 g/mol. The second-order valence-corrected chi connectivity index (χ2v) is 2.87. The Kier molecular flexibility index (Phi) is 4.73. The number of hydrogen-bond donors (Lipinski definition) is 1. The Bertz CT molecular complexity index is 150. The zero-order valence-corrected chi connectivity index (χ0v) is 7.13. The van der Waals surface area contributed by atoms with Gasteiger partial charge in [0.15, 0.2) is 0 Å². The summed E-state index contributed by atoms with van der Waals surface area (Å²) in [4.78, 5) is 11.9. The number of nitrogens with zero attached hydrogens (tertiary/aromatic N) is 1. The van der Waals surface area contributed by atoms with Gasteiger partial charge in [-0.2, -0.15) is 0 Å². The van der Waals surface area contributed by atoms with Crippen LogP contribution in [0, 0.1) is 5.92 Å². The standard InChI is InChI=1S/C7H13F2NO2/c1-10(2)4-3-5(6(8)9)7(11)12/h5-6H,3-4H2,1-2H3,(H,11,12)/t5-/m0/s1. The second-order valence-electron chi connectivity index (χ2n) is 2.87. The van der Waals surface area contributed by atoms with E-state index < -0.39 is 18.3 Å². The van der Waals surface area contributed by atoms with Crippen molar-refractivity contribution in [1.29, 1.82) is 0 Å². The minimum atomic E-state index is -2.78. The van der Waals surface area contributed by atoms with Gasteiger partial charge < -0.3 is 10.0 Å². The van der Waals surface area contributed by atoms with E-state index in [9.17, 15) is 13.6 Å². The number of alkyl halides is 2. The van der Waals surface area contributed by atoms with Gasteiger partial charge in [-0.3, -0.25) is 4.79 Å². The maximum atomic E-state index is 12.0. The molecule has 0 saturated heterocycles. The van der Waals surface area contributed by atoms with Gasteiger partial charge >= 0.3 is 5.97 Å². The number of hydrogen-bond acceptors (Lipinski definition) is 2. The Morgan fingerprint density at radius 1 is 1.50 bits per heavy atom. The second kappa shape index (κ2) is 5.03. The highest BCUT2D eigenvalue weighted by atomic mass is 19.3. The lowest BCUT2D eigenvalue weighted by Gasteiger charge is -2.14. The molecule has 3 nitrogen and oxygen atoms in total. The van der Waals surface area contributed by atoms with Crippen molar-refractivity contribution in [2.24, 2.45) is 5.92 Å². The van der Waals surface area contributed by atoms with Crippen LogP contribution < -0.4 is 0 Å². The van der Waals surface area contributed by atoms with Crippen LogP contribution in [0.2, 0.25) is 0 Å². The largest absolute Gasteiger partial charge is 0.481 e. The number of carboxylic acid groups (broad SMARTS) is 1. The zero-order chi connectivity index (χ0) is 9.72. The Morgan fingerprint density at radius 3 is 2.25 bits per heavy atom. The summed E-state index contributed by atoms with van der Waals surface area (Å²) in [5.74, 6) is -2.96. The van der Waals surface area contributed by atoms with Crippen LogP contribution in [0.4, 0.5) is 8.78 Å². The van der Waals surface area contributed by atoms with Crippen LogP contribution >= 0.6 is 0 Å². The van der Waals surface area contributed by atoms with Crippen molar-refractivity contribution in [3.05, 3.63) is 0 Å². The lowest BCUT2D eigenvalue weighted by Crippen LogP contribution is -2.26. The molecule has 0 aromatic carbocycles. The first-order valence-corrected chi connectivity index (χ1v) is 3.61. The minimum Gasteiger partial charge on any atom is -0.481 e. The molecule has 0 aromatic heterocycles. The van der Waals surface area contributed by atoms with E-state index in [0.29, 0.717) is 6.54 Å². The van der Waals surface area contributed by atoms with Crippen molar-refractivity contribution in [2.75, 3.05) is 20.6 Å². The Morgan fingerprint density at radius 2 is 2.00 bits per heavy atom. The van der Waals surface area contributed by atoms with Crippen LogP contribution in [0.25, 0.3) is 0 Å². The molecule has 0 aliphatic carbocycles. The number of halogens is 2. The Labute approximate surface area is 70.0 Å². The normalized spacial score (nSPS) is 13.8. The third kappa shape index (κ3) is 4.23. The van der Waals surface area contributed by atoms with Gasteiger partial charge in [-0.1, -0.05) is 0 Å². The summed E-state index contributed by atoms with van der Waals surface area (Å²) in [6, 6.07) is 0. The molecular formula is C7H13F2NO2. The van der Waals surface area contributed by atoms with Crippen molar-refractivity contribution in [3.8, 4) is 0 Å². The van der Waals surface area contributed by atoms with Gasteiger partial charge in [0.25, 0.3) is 6.43 Å². The van der Waals surface area contributed by atoms with E-state index in [4.69, 9.17) is 5.11 Å². The SMILES string of the molecule is CN(C)CC[C@H](C(=O)O)C(F)F. The molecule has 0 aliphatic heterocycles. The van der Waals surface area contributed by atoms with Crippen molar-refractivity contribution in [1.82, 2.24) is 4.90 Å². The van der Waals surface area contributed by atoms with Crippen LogP contribution in [-0.2, 0) is 4.79 Å².